The van der Waals surface area contributed by atoms with E-state index in [2.05, 4.69) is 12.1 Å². The number of rotatable bonds is 3. The van der Waals surface area contributed by atoms with E-state index in [4.69, 9.17) is 9.84 Å². The third-order valence-corrected chi connectivity index (χ3v) is 2.34. The Morgan fingerprint density at radius 3 is 3.00 bits per heavy atom. The Kier molecular flexibility index (Phi) is 2.84. The predicted octanol–water partition coefficient (Wildman–Crippen LogP) is 2.28. The Hall–Kier alpha value is -1.28. The zero-order chi connectivity index (χ0) is 9.80. The van der Waals surface area contributed by atoms with Crippen LogP contribution in [0.2, 0.25) is 0 Å². The lowest BCUT2D eigenvalue weighted by Crippen LogP contribution is -2.05. The Bertz CT molecular complexity index is 342. The second-order valence-electron chi connectivity index (χ2n) is 3.41. The van der Waals surface area contributed by atoms with Gasteiger partial charge in [-0.25, -0.2) is 0 Å². The van der Waals surface area contributed by atoms with E-state index in [1.807, 2.05) is 18.2 Å². The third-order valence-electron chi connectivity index (χ3n) is 2.34. The largest absolute Gasteiger partial charge is 0.462 e. The van der Waals surface area contributed by atoms with E-state index in [1.54, 1.807) is 0 Å². The SMILES string of the molecule is OCCCC1=CCc2ccccc2O1. The Balaban J connectivity index is 2.05. The van der Waals surface area contributed by atoms with Crippen LogP contribution in [0.5, 0.6) is 5.75 Å². The maximum Gasteiger partial charge on any atom is 0.130 e. The molecular weight excluding hydrogens is 176 g/mol. The maximum absolute atomic E-state index is 8.71. The van der Waals surface area contributed by atoms with Crippen LogP contribution >= 0.6 is 0 Å². The number of aliphatic hydroxyl groups excluding tert-OH is 1. The molecule has 0 atom stereocenters. The van der Waals surface area contributed by atoms with Gasteiger partial charge < -0.3 is 9.84 Å². The lowest BCUT2D eigenvalue weighted by Gasteiger charge is -2.17. The Labute approximate surface area is 83.8 Å². The molecule has 0 aliphatic carbocycles. The van der Waals surface area contributed by atoms with E-state index in [9.17, 15) is 0 Å². The van der Waals surface area contributed by atoms with Gasteiger partial charge in [-0.1, -0.05) is 18.2 Å². The number of para-hydroxylation sites is 1. The van der Waals surface area contributed by atoms with Crippen molar-refractivity contribution in [2.45, 2.75) is 19.3 Å². The first-order chi connectivity index (χ1) is 6.90. The van der Waals surface area contributed by atoms with Crippen LogP contribution in [0.3, 0.4) is 0 Å². The number of hydrogen-bond acceptors (Lipinski definition) is 2. The number of benzene rings is 1. The molecule has 0 unspecified atom stereocenters. The molecular formula is C12H14O2. The first-order valence-corrected chi connectivity index (χ1v) is 4.96. The molecule has 0 fully saturated rings. The van der Waals surface area contributed by atoms with Gasteiger partial charge in [-0.05, 0) is 30.5 Å². The van der Waals surface area contributed by atoms with E-state index in [0.717, 1.165) is 30.8 Å². The highest BCUT2D eigenvalue weighted by atomic mass is 16.5. The van der Waals surface area contributed by atoms with Crippen molar-refractivity contribution in [1.82, 2.24) is 0 Å². The molecule has 1 aliphatic heterocycles. The van der Waals surface area contributed by atoms with Gasteiger partial charge in [-0.15, -0.1) is 0 Å². The Morgan fingerprint density at radius 2 is 2.14 bits per heavy atom. The molecule has 1 aliphatic rings. The van der Waals surface area contributed by atoms with Crippen molar-refractivity contribution in [1.29, 1.82) is 0 Å². The first kappa shape index (κ1) is 9.28. The van der Waals surface area contributed by atoms with Crippen LogP contribution in [-0.2, 0) is 6.42 Å². The molecule has 0 radical (unpaired) electrons. The van der Waals surface area contributed by atoms with Crippen molar-refractivity contribution in [3.05, 3.63) is 41.7 Å². The van der Waals surface area contributed by atoms with Crippen LogP contribution in [-0.4, -0.2) is 11.7 Å². The van der Waals surface area contributed by atoms with E-state index in [0.29, 0.717) is 0 Å². The normalized spacial score (nSPS) is 14.2. The molecule has 0 spiro atoms. The van der Waals surface area contributed by atoms with Crippen LogP contribution in [0.1, 0.15) is 18.4 Å². The van der Waals surface area contributed by atoms with Gasteiger partial charge in [0.15, 0.2) is 0 Å². The van der Waals surface area contributed by atoms with Gasteiger partial charge >= 0.3 is 0 Å². The van der Waals surface area contributed by atoms with E-state index < -0.39 is 0 Å². The maximum atomic E-state index is 8.71. The van der Waals surface area contributed by atoms with Crippen LogP contribution in [0.25, 0.3) is 0 Å². The highest BCUT2D eigenvalue weighted by Gasteiger charge is 2.10. The van der Waals surface area contributed by atoms with Crippen LogP contribution in [0.15, 0.2) is 36.1 Å². The van der Waals surface area contributed by atoms with Gasteiger partial charge in [0.25, 0.3) is 0 Å². The van der Waals surface area contributed by atoms with E-state index in [1.165, 1.54) is 5.56 Å². The summed E-state index contributed by atoms with van der Waals surface area (Å²) in [5.41, 5.74) is 1.24. The average Bonchev–Trinajstić information content (AvgIpc) is 2.26. The lowest BCUT2D eigenvalue weighted by atomic mass is 10.1. The second kappa shape index (κ2) is 4.29. The first-order valence-electron chi connectivity index (χ1n) is 4.96. The smallest absolute Gasteiger partial charge is 0.130 e. The summed E-state index contributed by atoms with van der Waals surface area (Å²) in [5.74, 6) is 1.95. The van der Waals surface area contributed by atoms with Crippen molar-refractivity contribution in [3.8, 4) is 5.75 Å². The molecule has 0 saturated carbocycles. The molecule has 0 amide bonds. The molecule has 0 saturated heterocycles. The fourth-order valence-corrected chi connectivity index (χ4v) is 1.59. The van der Waals surface area contributed by atoms with Crippen molar-refractivity contribution in [2.75, 3.05) is 6.61 Å². The van der Waals surface area contributed by atoms with Crippen molar-refractivity contribution >= 4 is 0 Å². The van der Waals surface area contributed by atoms with Crippen molar-refractivity contribution < 1.29 is 9.84 Å². The van der Waals surface area contributed by atoms with Crippen molar-refractivity contribution in [2.24, 2.45) is 0 Å². The molecule has 1 N–H and O–H groups in total. The zero-order valence-electron chi connectivity index (χ0n) is 8.07. The molecule has 0 bridgehead atoms. The minimum atomic E-state index is 0.225. The summed E-state index contributed by atoms with van der Waals surface area (Å²) in [7, 11) is 0. The van der Waals surface area contributed by atoms with Gasteiger partial charge in [0.2, 0.25) is 0 Å². The van der Waals surface area contributed by atoms with Crippen LogP contribution in [0.4, 0.5) is 0 Å². The molecule has 1 heterocycles. The van der Waals surface area contributed by atoms with Gasteiger partial charge in [-0.3, -0.25) is 0 Å². The average molecular weight is 190 g/mol. The van der Waals surface area contributed by atoms with Gasteiger partial charge in [-0.2, -0.15) is 0 Å². The summed E-state index contributed by atoms with van der Waals surface area (Å²) in [4.78, 5) is 0. The summed E-state index contributed by atoms with van der Waals surface area (Å²) in [6.07, 6.45) is 4.63. The third kappa shape index (κ3) is 1.96. The highest BCUT2D eigenvalue weighted by Crippen LogP contribution is 2.27. The topological polar surface area (TPSA) is 29.5 Å². The van der Waals surface area contributed by atoms with E-state index in [-0.39, 0.29) is 6.61 Å². The summed E-state index contributed by atoms with van der Waals surface area (Å²) in [5, 5.41) is 8.71. The summed E-state index contributed by atoms with van der Waals surface area (Å²) >= 11 is 0. The van der Waals surface area contributed by atoms with E-state index >= 15 is 0 Å². The number of fused-ring (bicyclic) bond motifs is 1. The number of allylic oxidation sites excluding steroid dienone is 2. The number of aliphatic hydroxyl groups is 1. The van der Waals surface area contributed by atoms with Gasteiger partial charge in [0.1, 0.15) is 11.5 Å². The molecule has 74 valence electrons. The fraction of sp³-hybridized carbons (Fsp3) is 0.333. The molecule has 2 heteroatoms. The standard InChI is InChI=1S/C12H14O2/c13-9-3-5-11-8-7-10-4-1-2-6-12(10)14-11/h1-2,4,6,8,13H,3,5,7,9H2. The molecule has 0 aromatic heterocycles. The lowest BCUT2D eigenvalue weighted by molar-refractivity contribution is 0.276. The predicted molar refractivity (Wildman–Crippen MR) is 55.2 cm³/mol. The summed E-state index contributed by atoms with van der Waals surface area (Å²) in [6.45, 7) is 0.225. The molecule has 2 nitrogen and oxygen atoms in total. The molecule has 14 heavy (non-hydrogen) atoms. The summed E-state index contributed by atoms with van der Waals surface area (Å²) < 4.78 is 5.68. The minimum Gasteiger partial charge on any atom is -0.462 e. The number of hydrogen-bond donors (Lipinski definition) is 1. The summed E-state index contributed by atoms with van der Waals surface area (Å²) in [6, 6.07) is 8.07. The molecule has 1 aromatic carbocycles. The highest BCUT2D eigenvalue weighted by molar-refractivity contribution is 5.38. The Morgan fingerprint density at radius 1 is 1.29 bits per heavy atom. The van der Waals surface area contributed by atoms with Crippen molar-refractivity contribution in [3.63, 3.8) is 0 Å². The quantitative estimate of drug-likeness (QED) is 0.792. The monoisotopic (exact) mass is 190 g/mol. The minimum absolute atomic E-state index is 0.225. The second-order valence-corrected chi connectivity index (χ2v) is 3.41. The molecule has 2 rings (SSSR count). The van der Waals surface area contributed by atoms with Crippen LogP contribution < -0.4 is 4.74 Å². The molecule has 1 aromatic rings. The van der Waals surface area contributed by atoms with Gasteiger partial charge in [0, 0.05) is 13.0 Å². The van der Waals surface area contributed by atoms with Gasteiger partial charge in [0.05, 0.1) is 0 Å². The fourth-order valence-electron chi connectivity index (χ4n) is 1.59. The zero-order valence-corrected chi connectivity index (χ0v) is 8.07. The number of ether oxygens (including phenoxy) is 1. The van der Waals surface area contributed by atoms with Crippen LogP contribution in [0, 0.1) is 0 Å².